The van der Waals surface area contributed by atoms with Gasteiger partial charge < -0.3 is 19.3 Å². The monoisotopic (exact) mass is 539 g/mol. The van der Waals surface area contributed by atoms with Crippen molar-refractivity contribution in [1.29, 1.82) is 0 Å². The number of hydrogen-bond donors (Lipinski definition) is 1. The minimum Gasteiger partial charge on any atom is -0.504 e. The van der Waals surface area contributed by atoms with Gasteiger partial charge in [-0.2, -0.15) is 0 Å². The number of phenols is 1. The molecular weight excluding hydrogens is 506 g/mol. The molecule has 0 aromatic heterocycles. The Morgan fingerprint density at radius 1 is 0.975 bits per heavy atom. The van der Waals surface area contributed by atoms with Crippen molar-refractivity contribution in [3.63, 3.8) is 0 Å². The van der Waals surface area contributed by atoms with Crippen LogP contribution < -0.4 is 9.47 Å². The summed E-state index contributed by atoms with van der Waals surface area (Å²) >= 11 is 0. The lowest BCUT2D eigenvalue weighted by Crippen LogP contribution is -2.41. The maximum atomic E-state index is 13.9. The van der Waals surface area contributed by atoms with Gasteiger partial charge in [-0.05, 0) is 67.1 Å². The molecule has 206 valence electrons. The lowest BCUT2D eigenvalue weighted by Gasteiger charge is -2.38. The molecule has 3 aromatic rings. The number of aromatic hydroxyl groups is 1. The zero-order chi connectivity index (χ0) is 28.2. The Morgan fingerprint density at radius 2 is 1.70 bits per heavy atom. The summed E-state index contributed by atoms with van der Waals surface area (Å²) < 4.78 is 16.7. The molecule has 0 spiro atoms. The number of methoxy groups -OCH3 is 1. The van der Waals surface area contributed by atoms with Crippen LogP contribution >= 0.6 is 0 Å². The van der Waals surface area contributed by atoms with Crippen LogP contribution in [0.4, 0.5) is 0 Å². The first kappa shape index (κ1) is 27.2. The number of benzene rings is 3. The molecule has 7 heteroatoms. The molecule has 5 rings (SSSR count). The quantitative estimate of drug-likeness (QED) is 0.347. The molecule has 1 aliphatic carbocycles. The first-order chi connectivity index (χ1) is 19.4. The van der Waals surface area contributed by atoms with E-state index < -0.39 is 17.8 Å². The van der Waals surface area contributed by atoms with Crippen molar-refractivity contribution in [3.8, 4) is 17.2 Å². The Bertz CT molecular complexity index is 1460. The van der Waals surface area contributed by atoms with Gasteiger partial charge >= 0.3 is 5.97 Å². The fourth-order valence-corrected chi connectivity index (χ4v) is 5.71. The molecule has 1 unspecified atom stereocenters. The molecule has 1 fully saturated rings. The van der Waals surface area contributed by atoms with Crippen LogP contribution in [0.1, 0.15) is 55.2 Å². The number of carbonyl (C=O) groups is 2. The number of ketones is 1. The van der Waals surface area contributed by atoms with Crippen molar-refractivity contribution in [3.05, 3.63) is 101 Å². The maximum Gasteiger partial charge on any atom is 0.336 e. The highest BCUT2D eigenvalue weighted by molar-refractivity contribution is 6.12. The first-order valence-corrected chi connectivity index (χ1v) is 13.5. The summed E-state index contributed by atoms with van der Waals surface area (Å²) in [6.07, 6.45) is 0.924. The van der Waals surface area contributed by atoms with Gasteiger partial charge in [0.2, 0.25) is 0 Å². The number of allylic oxidation sites excluding steroid dienone is 1. The smallest absolute Gasteiger partial charge is 0.336 e. The van der Waals surface area contributed by atoms with E-state index >= 15 is 0 Å². The first-order valence-electron chi connectivity index (χ1n) is 13.5. The molecule has 1 aliphatic heterocycles. The zero-order valence-corrected chi connectivity index (χ0v) is 22.9. The van der Waals surface area contributed by atoms with Gasteiger partial charge in [0.1, 0.15) is 18.1 Å². The Balaban J connectivity index is 1.53. The molecule has 1 N–H and O–H groups in total. The van der Waals surface area contributed by atoms with Crippen LogP contribution in [0.5, 0.6) is 17.2 Å². The molecule has 2 aliphatic rings. The number of carbonyl (C=O) groups excluding carboxylic acids is 2. The Hall–Kier alpha value is -4.39. The topological polar surface area (TPSA) is 94.4 Å². The van der Waals surface area contributed by atoms with E-state index in [2.05, 4.69) is 0 Å². The minimum absolute atomic E-state index is 0.00116. The second-order valence-corrected chi connectivity index (χ2v) is 10.1. The second kappa shape index (κ2) is 11.8. The molecule has 0 radical (unpaired) electrons. The number of esters is 1. The van der Waals surface area contributed by atoms with Crippen LogP contribution in [0.25, 0.3) is 0 Å². The number of nitrogens with zero attached hydrogens (tertiary/aromatic N) is 1. The standard InChI is InChI=1S/C33H33NO6/c1-4-39-29-18-23(12-15-27(29)35)31-30(33(37)40-19-21-8-6-5-7-9-21)20(2)34-26-16-24(17-28(36)32(26)31)22-10-13-25(38-3)14-11-22/h5-15,18,24,31-32,35H,4,16-17,19H2,1-3H3/t24-,31+,32?/m1/s1. The van der Waals surface area contributed by atoms with E-state index in [0.29, 0.717) is 42.0 Å². The van der Waals surface area contributed by atoms with Gasteiger partial charge in [-0.1, -0.05) is 48.5 Å². The van der Waals surface area contributed by atoms with Crippen molar-refractivity contribution in [2.24, 2.45) is 10.9 Å². The molecule has 3 atom stereocenters. The molecule has 7 nitrogen and oxygen atoms in total. The van der Waals surface area contributed by atoms with Crippen molar-refractivity contribution in [2.45, 2.75) is 45.1 Å². The highest BCUT2D eigenvalue weighted by atomic mass is 16.5. The van der Waals surface area contributed by atoms with Gasteiger partial charge in [0.05, 0.1) is 25.2 Å². The van der Waals surface area contributed by atoms with Crippen molar-refractivity contribution >= 4 is 17.5 Å². The predicted octanol–water partition coefficient (Wildman–Crippen LogP) is 6.12. The normalized spacial score (nSPS) is 20.4. The molecule has 0 amide bonds. The molecule has 1 saturated carbocycles. The van der Waals surface area contributed by atoms with Gasteiger partial charge in [0, 0.05) is 23.7 Å². The minimum atomic E-state index is -0.614. The number of aliphatic imine (C=N–C) groups is 1. The van der Waals surface area contributed by atoms with E-state index in [4.69, 9.17) is 19.2 Å². The SMILES string of the molecule is CCOc1cc([C@H]2C(C(=O)OCc3ccccc3)=C(C)N=C3C[C@@H](c4ccc(OC)cc4)CC(=O)C32)ccc1O. The number of phenolic OH excluding ortho intramolecular Hbond substituents is 1. The van der Waals surface area contributed by atoms with Crippen LogP contribution in [0, 0.1) is 5.92 Å². The van der Waals surface area contributed by atoms with E-state index in [0.717, 1.165) is 22.6 Å². The average Bonchev–Trinajstić information content (AvgIpc) is 2.97. The molecule has 1 heterocycles. The van der Waals surface area contributed by atoms with Gasteiger partial charge in [-0.15, -0.1) is 0 Å². The van der Waals surface area contributed by atoms with Gasteiger partial charge in [-0.3, -0.25) is 9.79 Å². The summed E-state index contributed by atoms with van der Waals surface area (Å²) in [4.78, 5) is 32.4. The summed E-state index contributed by atoms with van der Waals surface area (Å²) in [6, 6.07) is 22.2. The predicted molar refractivity (Wildman–Crippen MR) is 152 cm³/mol. The second-order valence-electron chi connectivity index (χ2n) is 10.1. The highest BCUT2D eigenvalue weighted by Crippen LogP contribution is 2.47. The zero-order valence-electron chi connectivity index (χ0n) is 22.9. The average molecular weight is 540 g/mol. The fourth-order valence-electron chi connectivity index (χ4n) is 5.71. The van der Waals surface area contributed by atoms with Gasteiger partial charge in [-0.25, -0.2) is 4.79 Å². The van der Waals surface area contributed by atoms with Gasteiger partial charge in [0.15, 0.2) is 11.5 Å². The number of Topliss-reactive ketones (excluding diaryl/α,β-unsaturated/α-hetero) is 1. The van der Waals surface area contributed by atoms with Crippen molar-refractivity contribution in [1.82, 2.24) is 0 Å². The third-order valence-corrected chi connectivity index (χ3v) is 7.62. The van der Waals surface area contributed by atoms with Crippen LogP contribution in [0.2, 0.25) is 0 Å². The van der Waals surface area contributed by atoms with E-state index in [9.17, 15) is 14.7 Å². The number of fused-ring (bicyclic) bond motifs is 1. The molecular formula is C33H33NO6. The largest absolute Gasteiger partial charge is 0.504 e. The Labute approximate surface area is 234 Å². The molecule has 0 saturated heterocycles. The summed E-state index contributed by atoms with van der Waals surface area (Å²) in [7, 11) is 1.62. The number of ether oxygens (including phenoxy) is 3. The van der Waals surface area contributed by atoms with E-state index in [1.54, 1.807) is 32.2 Å². The highest BCUT2D eigenvalue weighted by Gasteiger charge is 2.46. The third-order valence-electron chi connectivity index (χ3n) is 7.62. The van der Waals surface area contributed by atoms with Crippen LogP contribution in [-0.4, -0.2) is 36.3 Å². The summed E-state index contributed by atoms with van der Waals surface area (Å²) in [5.74, 6) is -0.679. The maximum absolute atomic E-state index is 13.9. The molecule has 40 heavy (non-hydrogen) atoms. The lowest BCUT2D eigenvalue weighted by atomic mass is 9.66. The Morgan fingerprint density at radius 3 is 2.40 bits per heavy atom. The third kappa shape index (κ3) is 5.50. The van der Waals surface area contributed by atoms with E-state index in [1.807, 2.05) is 61.5 Å². The number of hydrogen-bond acceptors (Lipinski definition) is 7. The summed E-state index contributed by atoms with van der Waals surface area (Å²) in [5, 5.41) is 10.4. The van der Waals surface area contributed by atoms with E-state index in [-0.39, 0.29) is 24.1 Å². The van der Waals surface area contributed by atoms with Crippen molar-refractivity contribution < 1.29 is 28.9 Å². The summed E-state index contributed by atoms with van der Waals surface area (Å²) in [5.41, 5.74) is 4.25. The fraction of sp³-hybridized carbons (Fsp3) is 0.303. The van der Waals surface area contributed by atoms with Crippen LogP contribution in [0.15, 0.2) is 89.1 Å². The summed E-state index contributed by atoms with van der Waals surface area (Å²) in [6.45, 7) is 4.09. The lowest BCUT2D eigenvalue weighted by molar-refractivity contribution is -0.140. The molecule has 0 bridgehead atoms. The van der Waals surface area contributed by atoms with Crippen LogP contribution in [0.3, 0.4) is 0 Å². The molecule has 3 aromatic carbocycles. The Kier molecular flexibility index (Phi) is 8.01. The van der Waals surface area contributed by atoms with E-state index in [1.165, 1.54) is 0 Å². The van der Waals surface area contributed by atoms with Crippen LogP contribution in [-0.2, 0) is 20.9 Å². The number of rotatable bonds is 8. The van der Waals surface area contributed by atoms with Gasteiger partial charge in [0.25, 0.3) is 0 Å². The van der Waals surface area contributed by atoms with Crippen molar-refractivity contribution in [2.75, 3.05) is 13.7 Å².